The van der Waals surface area contributed by atoms with Gasteiger partial charge in [-0.05, 0) is 42.8 Å². The van der Waals surface area contributed by atoms with Crippen LogP contribution in [-0.2, 0) is 4.79 Å². The molecule has 0 saturated carbocycles. The van der Waals surface area contributed by atoms with Crippen molar-refractivity contribution in [3.05, 3.63) is 107 Å². The second-order valence-corrected chi connectivity index (χ2v) is 11.0. The molecular formula is C28H21ClN4OS2. The minimum Gasteiger partial charge on any atom is -0.273 e. The maximum atomic E-state index is 13.5. The highest BCUT2D eigenvalue weighted by Gasteiger charge is 2.59. The van der Waals surface area contributed by atoms with Gasteiger partial charge in [0.1, 0.15) is 0 Å². The Bertz CT molecular complexity index is 1530. The molecule has 1 saturated heterocycles. The summed E-state index contributed by atoms with van der Waals surface area (Å²) in [4.78, 5) is 19.3. The third-order valence-corrected chi connectivity index (χ3v) is 8.73. The summed E-state index contributed by atoms with van der Waals surface area (Å²) in [7, 11) is 0. The molecule has 0 N–H and O–H groups in total. The number of amides is 1. The molecule has 1 unspecified atom stereocenters. The second kappa shape index (κ2) is 9.24. The molecule has 2 aliphatic heterocycles. The fraction of sp³-hybridized carbons (Fsp3) is 0.107. The lowest BCUT2D eigenvalue weighted by atomic mass is 10.1. The fourth-order valence-corrected chi connectivity index (χ4v) is 7.20. The molecule has 0 radical (unpaired) electrons. The number of hydrogen-bond donors (Lipinski definition) is 0. The maximum absolute atomic E-state index is 13.5. The van der Waals surface area contributed by atoms with Crippen LogP contribution in [0.5, 0.6) is 0 Å². The van der Waals surface area contributed by atoms with Crippen LogP contribution in [-0.4, -0.2) is 27.4 Å². The number of aromatic nitrogens is 1. The van der Waals surface area contributed by atoms with Crippen LogP contribution in [0.1, 0.15) is 12.5 Å². The molecule has 178 valence electrons. The van der Waals surface area contributed by atoms with Gasteiger partial charge in [0.25, 0.3) is 0 Å². The predicted octanol–water partition coefficient (Wildman–Crippen LogP) is 7.22. The van der Waals surface area contributed by atoms with Crippen molar-refractivity contribution in [3.63, 3.8) is 0 Å². The van der Waals surface area contributed by atoms with Crippen molar-refractivity contribution in [1.82, 2.24) is 4.98 Å². The quantitative estimate of drug-likeness (QED) is 0.280. The van der Waals surface area contributed by atoms with Crippen LogP contribution in [0, 0.1) is 0 Å². The first kappa shape index (κ1) is 23.0. The Morgan fingerprint density at radius 3 is 2.64 bits per heavy atom. The SMILES string of the molecule is CC1=NN(c2cccc(Cl)c2)C2(SCC(=O)N2c2nc3ccccc3s2)/C1=C\C=C\c1ccccc1. The second-order valence-electron chi connectivity index (χ2n) is 8.42. The third kappa shape index (κ3) is 3.84. The van der Waals surface area contributed by atoms with Crippen LogP contribution >= 0.6 is 34.7 Å². The van der Waals surface area contributed by atoms with E-state index >= 15 is 0 Å². The molecule has 1 aromatic heterocycles. The molecule has 6 rings (SSSR count). The van der Waals surface area contributed by atoms with Crippen LogP contribution in [0.15, 0.2) is 102 Å². The molecule has 1 fully saturated rings. The van der Waals surface area contributed by atoms with E-state index in [1.165, 1.54) is 11.3 Å². The standard InChI is InChI=1S/C28H21ClN4OS2/c1-19-23(14-7-11-20-9-3-2-4-10-20)28(33(31-19)22-13-8-12-21(29)17-22)32(26(34)18-35-28)27-30-24-15-5-6-16-25(24)36-27/h2-17H,18H2,1H3/b11-7+,23-14-. The lowest BCUT2D eigenvalue weighted by Crippen LogP contribution is -2.54. The summed E-state index contributed by atoms with van der Waals surface area (Å²) in [6.45, 7) is 1.98. The molecule has 1 spiro atoms. The summed E-state index contributed by atoms with van der Waals surface area (Å²) >= 11 is 9.44. The zero-order valence-electron chi connectivity index (χ0n) is 19.3. The highest BCUT2D eigenvalue weighted by Crippen LogP contribution is 2.53. The number of fused-ring (bicyclic) bond motifs is 1. The Morgan fingerprint density at radius 2 is 1.83 bits per heavy atom. The predicted molar refractivity (Wildman–Crippen MR) is 153 cm³/mol. The van der Waals surface area contributed by atoms with Crippen LogP contribution in [0.3, 0.4) is 0 Å². The first-order valence-electron chi connectivity index (χ1n) is 11.4. The number of carbonyl (C=O) groups is 1. The van der Waals surface area contributed by atoms with Gasteiger partial charge in [-0.25, -0.2) is 14.9 Å². The van der Waals surface area contributed by atoms with Gasteiger partial charge in [0.15, 0.2) is 5.13 Å². The van der Waals surface area contributed by atoms with Crippen molar-refractivity contribution in [3.8, 4) is 0 Å². The average Bonchev–Trinajstić information content (AvgIpc) is 3.54. The molecule has 3 heterocycles. The fourth-order valence-electron chi connectivity index (χ4n) is 4.52. The number of hydrazone groups is 1. The van der Waals surface area contributed by atoms with E-state index in [9.17, 15) is 4.79 Å². The zero-order chi connectivity index (χ0) is 24.7. The number of halogens is 1. The van der Waals surface area contributed by atoms with Crippen molar-refractivity contribution in [1.29, 1.82) is 0 Å². The van der Waals surface area contributed by atoms with Gasteiger partial charge in [-0.2, -0.15) is 5.10 Å². The molecule has 0 aliphatic carbocycles. The van der Waals surface area contributed by atoms with Gasteiger partial charge >= 0.3 is 0 Å². The summed E-state index contributed by atoms with van der Waals surface area (Å²) in [6, 6.07) is 25.7. The Hall–Kier alpha value is -3.39. The van der Waals surface area contributed by atoms with Crippen molar-refractivity contribution in [2.24, 2.45) is 5.10 Å². The molecule has 1 amide bonds. The molecule has 3 aromatic carbocycles. The number of hydrogen-bond acceptors (Lipinski definition) is 6. The number of thiazole rings is 1. The summed E-state index contributed by atoms with van der Waals surface area (Å²) in [5, 5.41) is 8.14. The average molecular weight is 529 g/mol. The number of allylic oxidation sites excluding steroid dienone is 2. The molecule has 1 atom stereocenters. The minimum atomic E-state index is -0.916. The van der Waals surface area contributed by atoms with E-state index in [4.69, 9.17) is 21.7 Å². The van der Waals surface area contributed by atoms with E-state index in [1.807, 2.05) is 89.6 Å². The molecule has 0 bridgehead atoms. The number of benzene rings is 3. The van der Waals surface area contributed by atoms with Gasteiger partial charge in [0.05, 0.1) is 27.4 Å². The Kier molecular flexibility index (Phi) is 5.91. The Labute approximate surface area is 222 Å². The number of carbonyl (C=O) groups excluding carboxylic acids is 1. The highest BCUT2D eigenvalue weighted by molar-refractivity contribution is 8.02. The van der Waals surface area contributed by atoms with E-state index in [0.717, 1.165) is 32.8 Å². The minimum absolute atomic E-state index is 0.00563. The number of para-hydroxylation sites is 1. The molecule has 36 heavy (non-hydrogen) atoms. The number of nitrogens with zero attached hydrogens (tertiary/aromatic N) is 4. The van der Waals surface area contributed by atoms with E-state index < -0.39 is 4.99 Å². The van der Waals surface area contributed by atoms with Crippen LogP contribution < -0.4 is 9.91 Å². The van der Waals surface area contributed by atoms with Crippen molar-refractivity contribution >= 4 is 73.4 Å². The van der Waals surface area contributed by atoms with Gasteiger partial charge in [0, 0.05) is 10.6 Å². The molecule has 4 aromatic rings. The Balaban J connectivity index is 1.53. The Morgan fingerprint density at radius 1 is 1.03 bits per heavy atom. The number of thioether (sulfide) groups is 1. The molecule has 5 nitrogen and oxygen atoms in total. The van der Waals surface area contributed by atoms with Crippen molar-refractivity contribution in [2.75, 3.05) is 15.7 Å². The van der Waals surface area contributed by atoms with Gasteiger partial charge < -0.3 is 0 Å². The maximum Gasteiger partial charge on any atom is 0.241 e. The molecule has 2 aliphatic rings. The van der Waals surface area contributed by atoms with Crippen molar-refractivity contribution in [2.45, 2.75) is 11.9 Å². The van der Waals surface area contributed by atoms with Gasteiger partial charge in [-0.15, -0.1) is 0 Å². The lowest BCUT2D eigenvalue weighted by Gasteiger charge is -2.40. The summed E-state index contributed by atoms with van der Waals surface area (Å²) in [5.41, 5.74) is 4.55. The number of rotatable bonds is 4. The normalized spacial score (nSPS) is 21.0. The largest absolute Gasteiger partial charge is 0.273 e. The highest BCUT2D eigenvalue weighted by atomic mass is 35.5. The van der Waals surface area contributed by atoms with Gasteiger partial charge in [0.2, 0.25) is 10.9 Å². The number of anilines is 2. The van der Waals surface area contributed by atoms with E-state index in [1.54, 1.807) is 11.8 Å². The van der Waals surface area contributed by atoms with E-state index in [-0.39, 0.29) is 5.91 Å². The molecular weight excluding hydrogens is 508 g/mol. The molecule has 8 heteroatoms. The van der Waals surface area contributed by atoms with Gasteiger partial charge in [-0.3, -0.25) is 4.79 Å². The zero-order valence-corrected chi connectivity index (χ0v) is 21.7. The van der Waals surface area contributed by atoms with Crippen LogP contribution in [0.4, 0.5) is 10.8 Å². The first-order chi connectivity index (χ1) is 17.6. The topological polar surface area (TPSA) is 48.8 Å². The lowest BCUT2D eigenvalue weighted by molar-refractivity contribution is -0.116. The monoisotopic (exact) mass is 528 g/mol. The smallest absolute Gasteiger partial charge is 0.241 e. The summed E-state index contributed by atoms with van der Waals surface area (Å²) in [5.74, 6) is 0.309. The first-order valence-corrected chi connectivity index (χ1v) is 13.6. The third-order valence-electron chi connectivity index (χ3n) is 6.10. The summed E-state index contributed by atoms with van der Waals surface area (Å²) < 4.78 is 1.03. The van der Waals surface area contributed by atoms with Crippen LogP contribution in [0.25, 0.3) is 16.3 Å². The summed E-state index contributed by atoms with van der Waals surface area (Å²) in [6.07, 6.45) is 6.13. The van der Waals surface area contributed by atoms with E-state index in [2.05, 4.69) is 24.3 Å². The van der Waals surface area contributed by atoms with Gasteiger partial charge in [-0.1, -0.05) is 101 Å². The van der Waals surface area contributed by atoms with Crippen molar-refractivity contribution < 1.29 is 4.79 Å². The van der Waals surface area contributed by atoms with E-state index in [0.29, 0.717) is 15.9 Å². The van der Waals surface area contributed by atoms with Crippen LogP contribution in [0.2, 0.25) is 5.02 Å².